The monoisotopic (exact) mass is 335 g/mol. The zero-order valence-electron chi connectivity index (χ0n) is 11.3. The standard InChI is InChI=1S/C16H15BrFNO/c1-10-5-3-4-6-12(10)8-16(20)19-15-9-13(17)14(18)7-11(15)2/h3-7,9H,8H2,1-2H3,(H,19,20). The van der Waals surface area contributed by atoms with Crippen molar-refractivity contribution in [2.75, 3.05) is 5.32 Å². The van der Waals surface area contributed by atoms with Crippen LogP contribution >= 0.6 is 15.9 Å². The lowest BCUT2D eigenvalue weighted by molar-refractivity contribution is -0.115. The van der Waals surface area contributed by atoms with Crippen LogP contribution < -0.4 is 5.32 Å². The molecule has 0 aromatic heterocycles. The van der Waals surface area contributed by atoms with Crippen molar-refractivity contribution in [1.29, 1.82) is 0 Å². The van der Waals surface area contributed by atoms with Gasteiger partial charge < -0.3 is 5.32 Å². The quantitative estimate of drug-likeness (QED) is 0.885. The second-order valence-electron chi connectivity index (χ2n) is 4.73. The van der Waals surface area contributed by atoms with Crippen molar-refractivity contribution in [3.8, 4) is 0 Å². The normalized spacial score (nSPS) is 10.4. The lowest BCUT2D eigenvalue weighted by Gasteiger charge is -2.10. The number of benzene rings is 2. The second kappa shape index (κ2) is 6.18. The molecule has 0 aliphatic carbocycles. The fourth-order valence-electron chi connectivity index (χ4n) is 1.96. The maximum atomic E-state index is 13.3. The third-order valence-corrected chi connectivity index (χ3v) is 3.76. The number of aryl methyl sites for hydroxylation is 2. The molecule has 0 aliphatic heterocycles. The molecule has 1 N–H and O–H groups in total. The van der Waals surface area contributed by atoms with Crippen LogP contribution in [-0.4, -0.2) is 5.91 Å². The minimum atomic E-state index is -0.334. The molecule has 2 nitrogen and oxygen atoms in total. The maximum absolute atomic E-state index is 13.3. The molecule has 0 saturated heterocycles. The molecule has 0 fully saturated rings. The lowest BCUT2D eigenvalue weighted by atomic mass is 10.1. The summed E-state index contributed by atoms with van der Waals surface area (Å²) in [5.74, 6) is -0.444. The van der Waals surface area contributed by atoms with Crippen molar-refractivity contribution in [3.63, 3.8) is 0 Å². The molecule has 0 spiro atoms. The number of rotatable bonds is 3. The fourth-order valence-corrected chi connectivity index (χ4v) is 2.30. The Hall–Kier alpha value is -1.68. The van der Waals surface area contributed by atoms with Crippen LogP contribution in [0.2, 0.25) is 0 Å². The minimum Gasteiger partial charge on any atom is -0.326 e. The predicted molar refractivity (Wildman–Crippen MR) is 82.3 cm³/mol. The van der Waals surface area contributed by atoms with Crippen LogP contribution in [-0.2, 0) is 11.2 Å². The predicted octanol–water partition coefficient (Wildman–Crippen LogP) is 4.39. The van der Waals surface area contributed by atoms with Crippen molar-refractivity contribution in [3.05, 3.63) is 63.4 Å². The van der Waals surface area contributed by atoms with Gasteiger partial charge in [0.05, 0.1) is 10.9 Å². The molecule has 20 heavy (non-hydrogen) atoms. The first kappa shape index (κ1) is 14.7. The number of hydrogen-bond donors (Lipinski definition) is 1. The largest absolute Gasteiger partial charge is 0.326 e. The first-order valence-corrected chi connectivity index (χ1v) is 7.06. The first-order valence-electron chi connectivity index (χ1n) is 6.27. The van der Waals surface area contributed by atoms with E-state index in [2.05, 4.69) is 21.2 Å². The smallest absolute Gasteiger partial charge is 0.228 e. The van der Waals surface area contributed by atoms with E-state index < -0.39 is 0 Å². The first-order chi connectivity index (χ1) is 9.47. The van der Waals surface area contributed by atoms with Crippen molar-refractivity contribution in [2.24, 2.45) is 0 Å². The number of hydrogen-bond acceptors (Lipinski definition) is 1. The van der Waals surface area contributed by atoms with E-state index in [-0.39, 0.29) is 11.7 Å². The number of carbonyl (C=O) groups excluding carboxylic acids is 1. The van der Waals surface area contributed by atoms with E-state index in [0.717, 1.165) is 11.1 Å². The van der Waals surface area contributed by atoms with E-state index in [1.54, 1.807) is 13.0 Å². The van der Waals surface area contributed by atoms with Crippen LogP contribution in [0.3, 0.4) is 0 Å². The van der Waals surface area contributed by atoms with Crippen LogP contribution in [0.25, 0.3) is 0 Å². The minimum absolute atomic E-state index is 0.110. The highest BCUT2D eigenvalue weighted by Gasteiger charge is 2.10. The van der Waals surface area contributed by atoms with E-state index in [0.29, 0.717) is 22.1 Å². The Balaban J connectivity index is 2.13. The second-order valence-corrected chi connectivity index (χ2v) is 5.59. The highest BCUT2D eigenvalue weighted by atomic mass is 79.9. The third-order valence-electron chi connectivity index (χ3n) is 3.15. The summed E-state index contributed by atoms with van der Waals surface area (Å²) in [6, 6.07) is 10.7. The molecule has 0 bridgehead atoms. The van der Waals surface area contributed by atoms with Gasteiger partial charge in [-0.2, -0.15) is 0 Å². The van der Waals surface area contributed by atoms with Gasteiger partial charge in [0.25, 0.3) is 0 Å². The molecule has 104 valence electrons. The van der Waals surface area contributed by atoms with Crippen LogP contribution in [0.15, 0.2) is 40.9 Å². The van der Waals surface area contributed by atoms with E-state index in [9.17, 15) is 9.18 Å². The molecule has 4 heteroatoms. The summed E-state index contributed by atoms with van der Waals surface area (Å²) >= 11 is 3.12. The van der Waals surface area contributed by atoms with Gasteiger partial charge in [0.15, 0.2) is 0 Å². The zero-order chi connectivity index (χ0) is 14.7. The topological polar surface area (TPSA) is 29.1 Å². The molecule has 0 unspecified atom stereocenters. The maximum Gasteiger partial charge on any atom is 0.228 e. The van der Waals surface area contributed by atoms with Crippen LogP contribution in [0.5, 0.6) is 0 Å². The summed E-state index contributed by atoms with van der Waals surface area (Å²) in [6.45, 7) is 3.74. The molecular weight excluding hydrogens is 321 g/mol. The number of nitrogens with one attached hydrogen (secondary N) is 1. The van der Waals surface area contributed by atoms with Crippen molar-refractivity contribution in [2.45, 2.75) is 20.3 Å². The van der Waals surface area contributed by atoms with Gasteiger partial charge in [0.1, 0.15) is 5.82 Å². The van der Waals surface area contributed by atoms with Crippen molar-refractivity contribution in [1.82, 2.24) is 0 Å². The SMILES string of the molecule is Cc1ccccc1CC(=O)Nc1cc(Br)c(F)cc1C. The Morgan fingerprint density at radius 1 is 1.20 bits per heavy atom. The van der Waals surface area contributed by atoms with Crippen LogP contribution in [0, 0.1) is 19.7 Å². The molecule has 0 saturated carbocycles. The fraction of sp³-hybridized carbons (Fsp3) is 0.188. The van der Waals surface area contributed by atoms with E-state index >= 15 is 0 Å². The Bertz CT molecular complexity index is 655. The molecule has 0 aliphatic rings. The average Bonchev–Trinajstić information content (AvgIpc) is 2.39. The van der Waals surface area contributed by atoms with Crippen molar-refractivity contribution < 1.29 is 9.18 Å². The van der Waals surface area contributed by atoms with E-state index in [1.165, 1.54) is 6.07 Å². The van der Waals surface area contributed by atoms with Gasteiger partial charge in [-0.25, -0.2) is 4.39 Å². The van der Waals surface area contributed by atoms with E-state index in [1.807, 2.05) is 31.2 Å². The Labute approximate surface area is 126 Å². The summed E-state index contributed by atoms with van der Waals surface area (Å²) in [7, 11) is 0. The van der Waals surface area contributed by atoms with Gasteiger partial charge >= 0.3 is 0 Å². The molecular formula is C16H15BrFNO. The number of halogens is 2. The molecule has 0 radical (unpaired) electrons. The molecule has 0 atom stereocenters. The zero-order valence-corrected chi connectivity index (χ0v) is 12.9. The molecule has 2 rings (SSSR count). The van der Waals surface area contributed by atoms with E-state index in [4.69, 9.17) is 0 Å². The summed E-state index contributed by atoms with van der Waals surface area (Å²) < 4.78 is 13.7. The number of carbonyl (C=O) groups is 1. The van der Waals surface area contributed by atoms with Crippen LogP contribution in [0.1, 0.15) is 16.7 Å². The number of anilines is 1. The van der Waals surface area contributed by atoms with Crippen molar-refractivity contribution >= 4 is 27.5 Å². The van der Waals surface area contributed by atoms with Gasteiger partial charge in [-0.15, -0.1) is 0 Å². The molecule has 0 heterocycles. The molecule has 2 aromatic carbocycles. The molecule has 1 amide bonds. The van der Waals surface area contributed by atoms with Gasteiger partial charge in [-0.3, -0.25) is 4.79 Å². The Morgan fingerprint density at radius 2 is 1.90 bits per heavy atom. The Morgan fingerprint density at radius 3 is 2.60 bits per heavy atom. The highest BCUT2D eigenvalue weighted by Crippen LogP contribution is 2.24. The van der Waals surface area contributed by atoms with Gasteiger partial charge in [0, 0.05) is 5.69 Å². The summed E-state index contributed by atoms with van der Waals surface area (Å²) in [6.07, 6.45) is 0.307. The highest BCUT2D eigenvalue weighted by molar-refractivity contribution is 9.10. The Kier molecular flexibility index (Phi) is 4.55. The summed E-state index contributed by atoms with van der Waals surface area (Å²) in [5, 5.41) is 2.82. The van der Waals surface area contributed by atoms with Crippen LogP contribution in [0.4, 0.5) is 10.1 Å². The number of amides is 1. The van der Waals surface area contributed by atoms with Gasteiger partial charge in [-0.05, 0) is 58.6 Å². The summed E-state index contributed by atoms with van der Waals surface area (Å²) in [4.78, 5) is 12.1. The lowest BCUT2D eigenvalue weighted by Crippen LogP contribution is -2.15. The third kappa shape index (κ3) is 3.45. The average molecular weight is 336 g/mol. The van der Waals surface area contributed by atoms with Gasteiger partial charge in [0.2, 0.25) is 5.91 Å². The van der Waals surface area contributed by atoms with Gasteiger partial charge in [-0.1, -0.05) is 24.3 Å². The summed E-state index contributed by atoms with van der Waals surface area (Å²) in [5.41, 5.74) is 3.39. The molecule has 2 aromatic rings.